The Morgan fingerprint density at radius 1 is 0.279 bits per heavy atom. The second-order valence-electron chi connectivity index (χ2n) is 14.2. The van der Waals surface area contributed by atoms with Gasteiger partial charge in [0.15, 0.2) is 0 Å². The number of hydrogen-bond acceptors (Lipinski definition) is 8. The first-order valence-electron chi connectivity index (χ1n) is 21.5. The van der Waals surface area contributed by atoms with Crippen molar-refractivity contribution < 1.29 is 75.0 Å². The second kappa shape index (κ2) is 31.5. The number of aryl methyl sites for hydroxylation is 12. The molecule has 8 nitrogen and oxygen atoms in total. The summed E-state index contributed by atoms with van der Waals surface area (Å²) in [5.74, 6) is 0. The minimum absolute atomic E-state index is 0. The maximum absolute atomic E-state index is 11.2. The van der Waals surface area contributed by atoms with E-state index in [0.29, 0.717) is 19.6 Å². The average Bonchev–Trinajstić information content (AvgIpc) is 3.26. The fourth-order valence-electron chi connectivity index (χ4n) is 7.08. The molecule has 0 aliphatic heterocycles. The van der Waals surface area contributed by atoms with E-state index in [-0.39, 0.29) is 39.9 Å². The van der Waals surface area contributed by atoms with E-state index in [9.17, 15) is 35.0 Å². The van der Waals surface area contributed by atoms with Gasteiger partial charge in [0.1, 0.15) is 0 Å². The molecule has 0 heterocycles. The van der Waals surface area contributed by atoms with Crippen LogP contribution in [0.25, 0.3) is 0 Å². The predicted octanol–water partition coefficient (Wildman–Crippen LogP) is 10.4. The van der Waals surface area contributed by atoms with Gasteiger partial charge in [-0.1, -0.05) is 132 Å². The maximum atomic E-state index is 11.2. The monoisotopic (exact) mass is 1130 g/mol. The van der Waals surface area contributed by atoms with Crippen molar-refractivity contribution in [3.63, 3.8) is 0 Å². The molecule has 0 aliphatic rings. The topological polar surface area (TPSA) is 161 Å². The molecular formula is C48H68O8S4Th. The molecule has 0 fully saturated rings. The van der Waals surface area contributed by atoms with Gasteiger partial charge in [-0.05, 0) is 188 Å². The third kappa shape index (κ3) is 17.9. The van der Waals surface area contributed by atoms with Gasteiger partial charge in [-0.2, -0.15) is 0 Å². The van der Waals surface area contributed by atoms with Crippen LogP contribution >= 0.6 is 0 Å². The average molecular weight is 1130 g/mol. The molecular weight excluding hydrogens is 1060 g/mol. The van der Waals surface area contributed by atoms with Crippen LogP contribution in [0.1, 0.15) is 150 Å². The summed E-state index contributed by atoms with van der Waals surface area (Å²) in [5, 5.41) is 0. The van der Waals surface area contributed by atoms with Crippen molar-refractivity contribution in [2.24, 2.45) is 0 Å². The fraction of sp³-hybridized carbons (Fsp3) is 0.500. The van der Waals surface area contributed by atoms with E-state index >= 15 is 0 Å². The summed E-state index contributed by atoms with van der Waals surface area (Å²) < 4.78 is 89.3. The third-order valence-electron chi connectivity index (χ3n) is 10.6. The van der Waals surface area contributed by atoms with Gasteiger partial charge in [-0.25, -0.2) is 0 Å². The Bertz CT molecular complexity index is 1690. The van der Waals surface area contributed by atoms with Gasteiger partial charge in [0, 0.05) is 19.6 Å². The Hall–Kier alpha value is -1.36. The zero-order valence-electron chi connectivity index (χ0n) is 38.5. The smallest absolute Gasteiger partial charge is 0.768 e. The molecule has 4 aromatic rings. The van der Waals surface area contributed by atoms with Crippen molar-refractivity contribution in [1.82, 2.24) is 0 Å². The number of hydrogen-bond donors (Lipinski definition) is 0. The number of rotatable bonds is 16. The van der Waals surface area contributed by atoms with Crippen molar-refractivity contribution >= 4 is 44.3 Å². The summed E-state index contributed by atoms with van der Waals surface area (Å²) in [6.45, 7) is 24.3. The van der Waals surface area contributed by atoms with Crippen molar-refractivity contribution in [2.45, 2.75) is 180 Å². The fourth-order valence-corrected chi connectivity index (χ4v) is 10.4. The summed E-state index contributed by atoms with van der Waals surface area (Å²) in [6, 6.07) is 16.0. The second-order valence-corrected chi connectivity index (χ2v) is 17.7. The molecule has 13 heteroatoms. The first-order valence-corrected chi connectivity index (χ1v) is 25.8. The van der Waals surface area contributed by atoms with E-state index in [2.05, 4.69) is 27.7 Å². The Kier molecular flexibility index (Phi) is 30.8. The van der Waals surface area contributed by atoms with Crippen molar-refractivity contribution in [3.05, 3.63) is 115 Å². The van der Waals surface area contributed by atoms with Crippen LogP contribution in [0.2, 0.25) is 0 Å². The number of benzene rings is 4. The first kappa shape index (κ1) is 59.6. The van der Waals surface area contributed by atoms with Gasteiger partial charge in [-0.15, -0.1) is 0 Å². The van der Waals surface area contributed by atoms with Crippen LogP contribution in [-0.2, 0) is 121 Å². The van der Waals surface area contributed by atoms with Crippen LogP contribution in [0.3, 0.4) is 0 Å². The van der Waals surface area contributed by atoms with Crippen LogP contribution < -0.4 is 0 Å². The van der Waals surface area contributed by atoms with E-state index < -0.39 is 44.3 Å². The van der Waals surface area contributed by atoms with Gasteiger partial charge in [0.25, 0.3) is 0 Å². The largest absolute Gasteiger partial charge is 4.00 e. The molecule has 0 aliphatic carbocycles. The molecule has 0 aromatic heterocycles. The zero-order valence-corrected chi connectivity index (χ0v) is 45.9. The van der Waals surface area contributed by atoms with Crippen LogP contribution in [0.5, 0.6) is 0 Å². The molecule has 0 amide bonds. The molecule has 0 saturated heterocycles. The Balaban J connectivity index is 0.000000783. The molecule has 4 unspecified atom stereocenters. The van der Waals surface area contributed by atoms with Gasteiger partial charge in [0.2, 0.25) is 0 Å². The zero-order chi connectivity index (χ0) is 45.7. The van der Waals surface area contributed by atoms with Crippen molar-refractivity contribution in [2.75, 3.05) is 0 Å². The molecule has 4 aromatic carbocycles. The summed E-state index contributed by atoms with van der Waals surface area (Å²) in [4.78, 5) is 2.05. The van der Waals surface area contributed by atoms with E-state index in [1.807, 2.05) is 104 Å². The molecule has 4 rings (SSSR count). The standard InChI is InChI=1S/4C12H18O2S.Th/c4*1-4-9-7-10(5-2)12(15(13)14)11(6-3)8-9;/h4*7-8H,4-6H2,1-3H3,(H,13,14);/q;;;;+4/p-4. The molecule has 0 bridgehead atoms. The van der Waals surface area contributed by atoms with Crippen LogP contribution in [0.4, 0.5) is 0 Å². The van der Waals surface area contributed by atoms with Crippen LogP contribution in [0, 0.1) is 39.9 Å². The SMILES string of the molecule is CCc1cc(CC)c(S(=O)[O-])c(CC)c1.CCc1cc(CC)c(S(=O)[O-])c(CC)c1.CCc1cc(CC)c(S(=O)[O-])c(CC)c1.CCc1cc(CC)c(S(=O)[O-])c(CC)c1.[Th+4]. The van der Waals surface area contributed by atoms with Gasteiger partial charge in [-0.3, -0.25) is 16.8 Å². The minimum Gasteiger partial charge on any atom is -0.768 e. The van der Waals surface area contributed by atoms with Gasteiger partial charge in [0.05, 0.1) is 0 Å². The summed E-state index contributed by atoms with van der Waals surface area (Å²) >= 11 is -8.45. The van der Waals surface area contributed by atoms with E-state index in [0.717, 1.165) is 122 Å². The quantitative estimate of drug-likeness (QED) is 0.100. The normalized spacial score (nSPS) is 12.6. The Morgan fingerprint density at radius 3 is 0.459 bits per heavy atom. The van der Waals surface area contributed by atoms with Crippen LogP contribution in [-0.4, -0.2) is 35.0 Å². The summed E-state index contributed by atoms with van der Waals surface area (Å²) in [7, 11) is 0. The van der Waals surface area contributed by atoms with Gasteiger partial charge >= 0.3 is 39.9 Å². The van der Waals surface area contributed by atoms with E-state index in [1.54, 1.807) is 0 Å². The third-order valence-corrected chi connectivity index (χ3v) is 14.0. The molecule has 61 heavy (non-hydrogen) atoms. The summed E-state index contributed by atoms with van der Waals surface area (Å²) in [5.41, 5.74) is 12.4. The first-order chi connectivity index (χ1) is 28.5. The predicted molar refractivity (Wildman–Crippen MR) is 247 cm³/mol. The summed E-state index contributed by atoms with van der Waals surface area (Å²) in [6.07, 6.45) is 9.94. The van der Waals surface area contributed by atoms with E-state index in [4.69, 9.17) is 0 Å². The van der Waals surface area contributed by atoms with Gasteiger partial charge < -0.3 is 18.2 Å². The Labute approximate surface area is 410 Å². The van der Waals surface area contributed by atoms with E-state index in [1.165, 1.54) is 22.3 Å². The maximum Gasteiger partial charge on any atom is 4.00 e. The molecule has 336 valence electrons. The Morgan fingerprint density at radius 2 is 0.393 bits per heavy atom. The van der Waals surface area contributed by atoms with Crippen molar-refractivity contribution in [3.8, 4) is 0 Å². The molecule has 4 atom stereocenters. The molecule has 0 N–H and O–H groups in total. The molecule has 0 saturated carbocycles. The molecule has 0 radical (unpaired) electrons. The minimum atomic E-state index is -2.11. The van der Waals surface area contributed by atoms with Crippen LogP contribution in [0.15, 0.2) is 68.1 Å². The van der Waals surface area contributed by atoms with Crippen molar-refractivity contribution in [1.29, 1.82) is 0 Å². The molecule has 0 spiro atoms.